The SMILES string of the molecule is NC(=O)Oc1cc(CO)c(O)c(CO)c1. The second-order valence-corrected chi connectivity index (χ2v) is 2.83. The first-order valence-corrected chi connectivity index (χ1v) is 4.12. The average molecular weight is 213 g/mol. The lowest BCUT2D eigenvalue weighted by Gasteiger charge is -2.09. The molecule has 1 amide bonds. The number of phenols is 1. The summed E-state index contributed by atoms with van der Waals surface area (Å²) in [6.45, 7) is -0.871. The van der Waals surface area contributed by atoms with Gasteiger partial charge in [0.2, 0.25) is 0 Å². The Labute approximate surface area is 85.5 Å². The van der Waals surface area contributed by atoms with E-state index in [-0.39, 0.29) is 22.6 Å². The summed E-state index contributed by atoms with van der Waals surface area (Å²) in [5.74, 6) is -0.162. The predicted octanol–water partition coefficient (Wildman–Crippen LogP) is -0.166. The molecule has 0 aliphatic carbocycles. The van der Waals surface area contributed by atoms with E-state index in [1.807, 2.05) is 0 Å². The summed E-state index contributed by atoms with van der Waals surface area (Å²) in [5.41, 5.74) is 5.10. The minimum Gasteiger partial charge on any atom is -0.507 e. The molecule has 0 heterocycles. The van der Waals surface area contributed by atoms with Gasteiger partial charge in [0, 0.05) is 11.1 Å². The van der Waals surface area contributed by atoms with Crippen molar-refractivity contribution in [1.82, 2.24) is 0 Å². The molecule has 6 nitrogen and oxygen atoms in total. The molecular formula is C9H11NO5. The topological polar surface area (TPSA) is 113 Å². The molecule has 0 atom stereocenters. The summed E-state index contributed by atoms with van der Waals surface area (Å²) >= 11 is 0. The molecule has 0 saturated carbocycles. The quantitative estimate of drug-likeness (QED) is 0.557. The summed E-state index contributed by atoms with van der Waals surface area (Å²) in [4.78, 5) is 10.5. The van der Waals surface area contributed by atoms with Gasteiger partial charge in [-0.1, -0.05) is 0 Å². The molecule has 5 N–H and O–H groups in total. The van der Waals surface area contributed by atoms with Gasteiger partial charge in [0.05, 0.1) is 13.2 Å². The molecule has 1 aromatic carbocycles. The van der Waals surface area contributed by atoms with Gasteiger partial charge in [-0.15, -0.1) is 0 Å². The predicted molar refractivity (Wildman–Crippen MR) is 50.2 cm³/mol. The number of hydrogen-bond donors (Lipinski definition) is 4. The van der Waals surface area contributed by atoms with Crippen LogP contribution < -0.4 is 10.5 Å². The van der Waals surface area contributed by atoms with Crippen LogP contribution >= 0.6 is 0 Å². The Morgan fingerprint density at radius 3 is 2.07 bits per heavy atom. The van der Waals surface area contributed by atoms with Crippen LogP contribution in [0.15, 0.2) is 12.1 Å². The number of ether oxygens (including phenoxy) is 1. The first-order valence-electron chi connectivity index (χ1n) is 4.12. The lowest BCUT2D eigenvalue weighted by Crippen LogP contribution is -2.16. The number of rotatable bonds is 3. The number of aromatic hydroxyl groups is 1. The van der Waals surface area contributed by atoms with Gasteiger partial charge in [-0.05, 0) is 12.1 Å². The number of amides is 1. The van der Waals surface area contributed by atoms with Crippen molar-refractivity contribution in [2.24, 2.45) is 5.73 Å². The summed E-state index contributed by atoms with van der Waals surface area (Å²) in [7, 11) is 0. The highest BCUT2D eigenvalue weighted by Crippen LogP contribution is 2.28. The van der Waals surface area contributed by atoms with Gasteiger partial charge in [0.25, 0.3) is 0 Å². The Bertz CT molecular complexity index is 352. The fraction of sp³-hybridized carbons (Fsp3) is 0.222. The number of primary amides is 1. The molecule has 0 unspecified atom stereocenters. The van der Waals surface area contributed by atoms with Crippen LogP contribution in [0, 0.1) is 0 Å². The third kappa shape index (κ3) is 2.58. The molecule has 82 valence electrons. The summed E-state index contributed by atoms with van der Waals surface area (Å²) < 4.78 is 4.56. The number of carbonyl (C=O) groups is 1. The average Bonchev–Trinajstić information content (AvgIpc) is 2.19. The highest BCUT2D eigenvalue weighted by molar-refractivity contribution is 5.68. The van der Waals surface area contributed by atoms with Crippen molar-refractivity contribution < 1.29 is 24.9 Å². The smallest absolute Gasteiger partial charge is 0.409 e. The Kier molecular flexibility index (Phi) is 3.48. The van der Waals surface area contributed by atoms with Crippen molar-refractivity contribution >= 4 is 6.09 Å². The number of hydrogen-bond acceptors (Lipinski definition) is 5. The summed E-state index contributed by atoms with van der Waals surface area (Å²) in [6.07, 6.45) is -1.01. The number of aliphatic hydroxyl groups excluding tert-OH is 2. The minimum absolute atomic E-state index is 0.0633. The van der Waals surface area contributed by atoms with Crippen LogP contribution in [0.1, 0.15) is 11.1 Å². The van der Waals surface area contributed by atoms with Crippen molar-refractivity contribution in [2.75, 3.05) is 0 Å². The summed E-state index contributed by atoms with van der Waals surface area (Å²) in [5, 5.41) is 27.2. The van der Waals surface area contributed by atoms with Crippen LogP contribution in [0.4, 0.5) is 4.79 Å². The lowest BCUT2D eigenvalue weighted by molar-refractivity contribution is 0.210. The van der Waals surface area contributed by atoms with Crippen molar-refractivity contribution in [3.05, 3.63) is 23.3 Å². The highest BCUT2D eigenvalue weighted by atomic mass is 16.5. The molecule has 0 spiro atoms. The molecule has 0 aromatic heterocycles. The molecule has 0 aliphatic rings. The van der Waals surface area contributed by atoms with Crippen LogP contribution in [0.25, 0.3) is 0 Å². The van der Waals surface area contributed by atoms with Gasteiger partial charge in [-0.3, -0.25) is 0 Å². The van der Waals surface area contributed by atoms with E-state index in [4.69, 9.17) is 15.9 Å². The third-order valence-corrected chi connectivity index (χ3v) is 1.80. The third-order valence-electron chi connectivity index (χ3n) is 1.80. The van der Waals surface area contributed by atoms with Crippen molar-refractivity contribution in [3.63, 3.8) is 0 Å². The van der Waals surface area contributed by atoms with Crippen molar-refractivity contribution in [3.8, 4) is 11.5 Å². The Morgan fingerprint density at radius 2 is 1.73 bits per heavy atom. The van der Waals surface area contributed by atoms with E-state index in [1.54, 1.807) is 0 Å². The Morgan fingerprint density at radius 1 is 1.27 bits per heavy atom. The van der Waals surface area contributed by atoms with Crippen molar-refractivity contribution in [1.29, 1.82) is 0 Å². The molecule has 6 heteroatoms. The van der Waals surface area contributed by atoms with E-state index in [9.17, 15) is 9.90 Å². The maximum absolute atomic E-state index is 10.5. The van der Waals surface area contributed by atoms with E-state index in [2.05, 4.69) is 4.74 Å². The molecule has 0 bridgehead atoms. The molecule has 0 fully saturated rings. The van der Waals surface area contributed by atoms with Crippen LogP contribution in [0.3, 0.4) is 0 Å². The number of carbonyl (C=O) groups excluding carboxylic acids is 1. The first kappa shape index (κ1) is 11.3. The normalized spacial score (nSPS) is 10.0. The van der Waals surface area contributed by atoms with E-state index >= 15 is 0 Å². The van der Waals surface area contributed by atoms with Gasteiger partial charge < -0.3 is 25.8 Å². The van der Waals surface area contributed by atoms with Gasteiger partial charge in [0.1, 0.15) is 11.5 Å². The fourth-order valence-electron chi connectivity index (χ4n) is 1.14. The molecule has 0 radical (unpaired) electrons. The zero-order valence-electron chi connectivity index (χ0n) is 7.80. The number of nitrogens with two attached hydrogens (primary N) is 1. The lowest BCUT2D eigenvalue weighted by atomic mass is 10.1. The van der Waals surface area contributed by atoms with Crippen LogP contribution in [-0.4, -0.2) is 21.4 Å². The number of benzene rings is 1. The summed E-state index contributed by atoms with van der Waals surface area (Å²) in [6, 6.07) is 2.53. The van der Waals surface area contributed by atoms with E-state index in [0.29, 0.717) is 0 Å². The van der Waals surface area contributed by atoms with Crippen LogP contribution in [0.5, 0.6) is 11.5 Å². The standard InChI is InChI=1S/C9H11NO5/c10-9(14)15-7-1-5(3-11)8(13)6(2-7)4-12/h1-2,11-13H,3-4H2,(H2,10,14). The monoisotopic (exact) mass is 213 g/mol. The molecule has 0 saturated heterocycles. The van der Waals surface area contributed by atoms with E-state index in [1.165, 1.54) is 12.1 Å². The van der Waals surface area contributed by atoms with Gasteiger partial charge in [-0.25, -0.2) is 4.79 Å². The Hall–Kier alpha value is -1.79. The van der Waals surface area contributed by atoms with E-state index in [0.717, 1.165) is 0 Å². The van der Waals surface area contributed by atoms with Crippen LogP contribution in [0.2, 0.25) is 0 Å². The van der Waals surface area contributed by atoms with Crippen molar-refractivity contribution in [2.45, 2.75) is 13.2 Å². The molecule has 15 heavy (non-hydrogen) atoms. The van der Waals surface area contributed by atoms with Gasteiger partial charge in [-0.2, -0.15) is 0 Å². The number of aliphatic hydroxyl groups is 2. The first-order chi connectivity index (χ1) is 7.08. The largest absolute Gasteiger partial charge is 0.507 e. The second kappa shape index (κ2) is 4.63. The Balaban J connectivity index is 3.14. The molecule has 1 aromatic rings. The van der Waals surface area contributed by atoms with Crippen LogP contribution in [-0.2, 0) is 13.2 Å². The zero-order chi connectivity index (χ0) is 11.4. The van der Waals surface area contributed by atoms with Gasteiger partial charge >= 0.3 is 6.09 Å². The maximum atomic E-state index is 10.5. The highest BCUT2D eigenvalue weighted by Gasteiger charge is 2.10. The zero-order valence-corrected chi connectivity index (χ0v) is 7.80. The van der Waals surface area contributed by atoms with E-state index < -0.39 is 19.3 Å². The second-order valence-electron chi connectivity index (χ2n) is 2.83. The fourth-order valence-corrected chi connectivity index (χ4v) is 1.14. The minimum atomic E-state index is -1.01. The maximum Gasteiger partial charge on any atom is 0.409 e. The molecule has 1 rings (SSSR count). The van der Waals surface area contributed by atoms with Gasteiger partial charge in [0.15, 0.2) is 0 Å². The molecular weight excluding hydrogens is 202 g/mol. The molecule has 0 aliphatic heterocycles.